The number of piperidine rings is 1. The number of hydrogen-bond donors (Lipinski definition) is 2. The highest BCUT2D eigenvalue weighted by molar-refractivity contribution is 5.92. The molecule has 0 radical (unpaired) electrons. The van der Waals surface area contributed by atoms with Gasteiger partial charge in [-0.25, -0.2) is 14.6 Å². The van der Waals surface area contributed by atoms with Crippen molar-refractivity contribution in [3.8, 4) is 0 Å². The fourth-order valence-electron chi connectivity index (χ4n) is 2.84. The first-order valence-corrected chi connectivity index (χ1v) is 7.27. The van der Waals surface area contributed by atoms with E-state index in [0.29, 0.717) is 23.5 Å². The second kappa shape index (κ2) is 5.94. The summed E-state index contributed by atoms with van der Waals surface area (Å²) < 4.78 is 26.1. The van der Waals surface area contributed by atoms with E-state index < -0.39 is 24.2 Å². The van der Waals surface area contributed by atoms with Crippen molar-refractivity contribution in [3.05, 3.63) is 33.8 Å². The van der Waals surface area contributed by atoms with Gasteiger partial charge in [0.25, 0.3) is 5.91 Å². The summed E-state index contributed by atoms with van der Waals surface area (Å²) in [4.78, 5) is 28.0. The molecule has 0 spiro atoms. The molecule has 1 fully saturated rings. The summed E-state index contributed by atoms with van der Waals surface area (Å²) in [6.45, 7) is -0.871. The summed E-state index contributed by atoms with van der Waals surface area (Å²) in [7, 11) is 0. The molecule has 1 amide bonds. The zero-order valence-corrected chi connectivity index (χ0v) is 12.4. The monoisotopic (exact) mass is 326 g/mol. The number of carbonyl (C=O) groups is 1. The van der Waals surface area contributed by atoms with Crippen LogP contribution in [-0.4, -0.2) is 42.3 Å². The van der Waals surface area contributed by atoms with E-state index in [9.17, 15) is 18.4 Å². The number of hydrogen-bond acceptors (Lipinski definition) is 4. The summed E-state index contributed by atoms with van der Waals surface area (Å²) in [6, 6.07) is 0.945. The van der Waals surface area contributed by atoms with Gasteiger partial charge in [-0.3, -0.25) is 9.78 Å². The van der Waals surface area contributed by atoms with Crippen molar-refractivity contribution in [1.29, 1.82) is 0 Å². The smallest absolute Gasteiger partial charge is 0.327 e. The standard InChI is InChI=1S/C13H16F2N6O2/c1-7-6-8(19-21(7)12(14)15)11(22)20-5-3-2-4-9(20)10-16-13(23)18-17-10/h6,9,12H,2-5H2,1H3,(H2,16,17,18,23)/t9-/m0/s1. The van der Waals surface area contributed by atoms with Gasteiger partial charge in [0, 0.05) is 12.2 Å². The van der Waals surface area contributed by atoms with E-state index in [1.54, 1.807) is 0 Å². The lowest BCUT2D eigenvalue weighted by molar-refractivity contribution is 0.0509. The first-order chi connectivity index (χ1) is 11.0. The molecular weight excluding hydrogens is 310 g/mol. The largest absolute Gasteiger partial charge is 0.340 e. The van der Waals surface area contributed by atoms with Crippen LogP contribution in [0.5, 0.6) is 0 Å². The maximum atomic E-state index is 12.8. The Balaban J connectivity index is 1.89. The first kappa shape index (κ1) is 15.4. The zero-order chi connectivity index (χ0) is 16.6. The molecule has 1 aliphatic rings. The lowest BCUT2D eigenvalue weighted by Crippen LogP contribution is -2.39. The molecule has 1 aliphatic heterocycles. The van der Waals surface area contributed by atoms with Gasteiger partial charge in [0.15, 0.2) is 11.5 Å². The molecule has 3 rings (SSSR count). The van der Waals surface area contributed by atoms with Gasteiger partial charge in [0.1, 0.15) is 0 Å². The zero-order valence-electron chi connectivity index (χ0n) is 12.4. The van der Waals surface area contributed by atoms with Crippen molar-refractivity contribution in [2.75, 3.05) is 6.54 Å². The molecule has 0 aliphatic carbocycles. The molecule has 2 aromatic heterocycles. The van der Waals surface area contributed by atoms with E-state index in [-0.39, 0.29) is 11.4 Å². The second-order valence-electron chi connectivity index (χ2n) is 5.47. The van der Waals surface area contributed by atoms with Crippen LogP contribution in [0.25, 0.3) is 0 Å². The molecule has 2 aromatic rings. The number of aromatic nitrogens is 5. The number of nitrogens with zero attached hydrogens (tertiary/aromatic N) is 4. The van der Waals surface area contributed by atoms with Gasteiger partial charge in [-0.15, -0.1) is 0 Å². The topological polar surface area (TPSA) is 99.7 Å². The number of likely N-dealkylation sites (tertiary alicyclic amines) is 1. The molecule has 0 aromatic carbocycles. The molecule has 0 bridgehead atoms. The predicted molar refractivity (Wildman–Crippen MR) is 75.1 cm³/mol. The molecule has 8 nitrogen and oxygen atoms in total. The third-order valence-electron chi connectivity index (χ3n) is 3.93. The highest BCUT2D eigenvalue weighted by Crippen LogP contribution is 2.29. The van der Waals surface area contributed by atoms with Crippen molar-refractivity contribution in [1.82, 2.24) is 29.9 Å². The maximum absolute atomic E-state index is 12.8. The second-order valence-corrected chi connectivity index (χ2v) is 5.47. The van der Waals surface area contributed by atoms with Crippen molar-refractivity contribution in [2.45, 2.75) is 38.8 Å². The van der Waals surface area contributed by atoms with Crippen LogP contribution in [0.3, 0.4) is 0 Å². The molecule has 1 atom stereocenters. The van der Waals surface area contributed by atoms with Crippen molar-refractivity contribution >= 4 is 5.91 Å². The van der Waals surface area contributed by atoms with E-state index in [4.69, 9.17) is 0 Å². The fourth-order valence-corrected chi connectivity index (χ4v) is 2.84. The number of aromatic amines is 2. The molecule has 0 unspecified atom stereocenters. The minimum atomic E-state index is -2.80. The number of nitrogens with one attached hydrogen (secondary N) is 2. The Labute approximate surface area is 129 Å². The Morgan fingerprint density at radius 1 is 1.43 bits per heavy atom. The molecule has 23 heavy (non-hydrogen) atoms. The Morgan fingerprint density at radius 2 is 2.22 bits per heavy atom. The average Bonchev–Trinajstić information content (AvgIpc) is 3.12. The summed E-state index contributed by atoms with van der Waals surface area (Å²) in [5, 5.41) is 9.85. The Kier molecular flexibility index (Phi) is 3.97. The molecule has 3 heterocycles. The van der Waals surface area contributed by atoms with Crippen LogP contribution in [0.1, 0.15) is 53.9 Å². The van der Waals surface area contributed by atoms with E-state index >= 15 is 0 Å². The van der Waals surface area contributed by atoms with Crippen LogP contribution < -0.4 is 5.69 Å². The number of aryl methyl sites for hydroxylation is 1. The highest BCUT2D eigenvalue weighted by Gasteiger charge is 2.32. The molecule has 10 heteroatoms. The lowest BCUT2D eigenvalue weighted by atomic mass is 10.0. The number of rotatable bonds is 3. The fraction of sp³-hybridized carbons (Fsp3) is 0.538. The van der Waals surface area contributed by atoms with Crippen LogP contribution in [0.2, 0.25) is 0 Å². The molecule has 0 saturated carbocycles. The SMILES string of the molecule is Cc1cc(C(=O)N2CCCC[C@H]2c2n[nH]c(=O)[nH]2)nn1C(F)F. The van der Waals surface area contributed by atoms with Crippen LogP contribution in [0.4, 0.5) is 8.78 Å². The number of amides is 1. The minimum Gasteiger partial charge on any atom is -0.327 e. The van der Waals surface area contributed by atoms with E-state index in [1.165, 1.54) is 17.9 Å². The van der Waals surface area contributed by atoms with E-state index in [1.807, 2.05) is 0 Å². The van der Waals surface area contributed by atoms with Gasteiger partial charge in [0.05, 0.1) is 6.04 Å². The third-order valence-corrected chi connectivity index (χ3v) is 3.93. The van der Waals surface area contributed by atoms with Crippen molar-refractivity contribution < 1.29 is 13.6 Å². The van der Waals surface area contributed by atoms with Gasteiger partial charge < -0.3 is 4.90 Å². The van der Waals surface area contributed by atoms with Crippen LogP contribution in [-0.2, 0) is 0 Å². The quantitative estimate of drug-likeness (QED) is 0.889. The number of alkyl halides is 2. The van der Waals surface area contributed by atoms with Crippen LogP contribution in [0, 0.1) is 6.92 Å². The maximum Gasteiger partial charge on any atom is 0.340 e. The normalized spacial score (nSPS) is 18.6. The third kappa shape index (κ3) is 2.88. The molecule has 2 N–H and O–H groups in total. The number of halogens is 2. The molecule has 1 saturated heterocycles. The Morgan fingerprint density at radius 3 is 2.83 bits per heavy atom. The van der Waals surface area contributed by atoms with Crippen LogP contribution >= 0.6 is 0 Å². The summed E-state index contributed by atoms with van der Waals surface area (Å²) in [5.74, 6) is -0.0749. The van der Waals surface area contributed by atoms with Crippen molar-refractivity contribution in [2.24, 2.45) is 0 Å². The first-order valence-electron chi connectivity index (χ1n) is 7.27. The Bertz CT molecular complexity index is 765. The van der Waals surface area contributed by atoms with E-state index in [2.05, 4.69) is 20.3 Å². The predicted octanol–water partition coefficient (Wildman–Crippen LogP) is 1.37. The number of H-pyrrole nitrogens is 2. The average molecular weight is 326 g/mol. The summed E-state index contributed by atoms with van der Waals surface area (Å²) >= 11 is 0. The number of carbonyl (C=O) groups excluding carboxylic acids is 1. The van der Waals surface area contributed by atoms with E-state index in [0.717, 1.165) is 12.8 Å². The Hall–Kier alpha value is -2.52. The van der Waals surface area contributed by atoms with Gasteiger partial charge in [-0.1, -0.05) is 0 Å². The summed E-state index contributed by atoms with van der Waals surface area (Å²) in [5.41, 5.74) is -0.270. The van der Waals surface area contributed by atoms with Gasteiger partial charge in [-0.05, 0) is 32.3 Å². The highest BCUT2D eigenvalue weighted by atomic mass is 19.3. The van der Waals surface area contributed by atoms with Crippen LogP contribution in [0.15, 0.2) is 10.9 Å². The lowest BCUT2D eigenvalue weighted by Gasteiger charge is -2.33. The summed E-state index contributed by atoms with van der Waals surface area (Å²) in [6.07, 6.45) is 2.32. The molecule has 124 valence electrons. The minimum absolute atomic E-state index is 0.0346. The van der Waals surface area contributed by atoms with Gasteiger partial charge in [-0.2, -0.15) is 19.0 Å². The van der Waals surface area contributed by atoms with Gasteiger partial charge >= 0.3 is 12.2 Å². The van der Waals surface area contributed by atoms with Gasteiger partial charge in [0.2, 0.25) is 0 Å². The molecular formula is C13H16F2N6O2. The van der Waals surface area contributed by atoms with Crippen molar-refractivity contribution in [3.63, 3.8) is 0 Å².